The Labute approximate surface area is 145 Å². The van der Waals surface area contributed by atoms with E-state index in [0.29, 0.717) is 22.1 Å². The number of anilines is 1. The molecule has 0 radical (unpaired) electrons. The van der Waals surface area contributed by atoms with Crippen LogP contribution in [0, 0.1) is 18.3 Å². The lowest BCUT2D eigenvalue weighted by molar-refractivity contribution is -0.115. The number of aryl methyl sites for hydroxylation is 1. The van der Waals surface area contributed by atoms with Gasteiger partial charge in [-0.2, -0.15) is 5.26 Å². The first kappa shape index (κ1) is 17.8. The third-order valence-electron chi connectivity index (χ3n) is 3.74. The fourth-order valence-corrected chi connectivity index (χ4v) is 3.67. The molecule has 1 aromatic heterocycles. The molecule has 0 unspecified atom stereocenters. The molecule has 0 saturated heterocycles. The van der Waals surface area contributed by atoms with E-state index in [4.69, 9.17) is 9.47 Å². The molecule has 2 rings (SSSR count). The number of benzene rings is 1. The minimum Gasteiger partial charge on any atom is -0.493 e. The molecular formula is C18H20N2O3S. The summed E-state index contributed by atoms with van der Waals surface area (Å²) in [5.41, 5.74) is 2.39. The van der Waals surface area contributed by atoms with Gasteiger partial charge in [0.2, 0.25) is 5.91 Å². The fourth-order valence-electron chi connectivity index (χ4n) is 2.56. The van der Waals surface area contributed by atoms with E-state index in [1.807, 2.05) is 19.9 Å². The lowest BCUT2D eigenvalue weighted by Gasteiger charge is -2.09. The van der Waals surface area contributed by atoms with Crippen molar-refractivity contribution in [2.24, 2.45) is 0 Å². The maximum atomic E-state index is 12.3. The summed E-state index contributed by atoms with van der Waals surface area (Å²) in [6, 6.07) is 7.57. The molecule has 0 atom stereocenters. The van der Waals surface area contributed by atoms with Crippen molar-refractivity contribution in [3.8, 4) is 17.6 Å². The number of amides is 1. The normalized spacial score (nSPS) is 10.1. The average Bonchev–Trinajstić information content (AvgIpc) is 2.88. The molecule has 24 heavy (non-hydrogen) atoms. The minimum absolute atomic E-state index is 0.164. The van der Waals surface area contributed by atoms with Crippen molar-refractivity contribution >= 4 is 22.2 Å². The first-order valence-corrected chi connectivity index (χ1v) is 8.38. The summed E-state index contributed by atoms with van der Waals surface area (Å²) >= 11 is 1.44. The number of ether oxygens (including phenoxy) is 2. The Morgan fingerprint density at radius 2 is 2.00 bits per heavy atom. The largest absolute Gasteiger partial charge is 0.493 e. The summed E-state index contributed by atoms with van der Waals surface area (Å²) in [4.78, 5) is 13.4. The predicted molar refractivity (Wildman–Crippen MR) is 95.0 cm³/mol. The van der Waals surface area contributed by atoms with Crippen molar-refractivity contribution in [1.82, 2.24) is 0 Å². The molecule has 0 aliphatic rings. The van der Waals surface area contributed by atoms with Crippen molar-refractivity contribution in [2.45, 2.75) is 26.7 Å². The predicted octanol–water partition coefficient (Wildman–Crippen LogP) is 3.69. The monoisotopic (exact) mass is 344 g/mol. The number of carbonyl (C=O) groups is 1. The fraction of sp³-hybridized carbons (Fsp3) is 0.333. The highest BCUT2D eigenvalue weighted by Gasteiger charge is 2.16. The van der Waals surface area contributed by atoms with Crippen LogP contribution in [0.15, 0.2) is 18.2 Å². The quantitative estimate of drug-likeness (QED) is 0.867. The Bertz CT molecular complexity index is 790. The van der Waals surface area contributed by atoms with Gasteiger partial charge in [0.05, 0.1) is 26.2 Å². The Kier molecular flexibility index (Phi) is 5.83. The van der Waals surface area contributed by atoms with E-state index in [0.717, 1.165) is 22.4 Å². The van der Waals surface area contributed by atoms with Gasteiger partial charge in [-0.05, 0) is 36.6 Å². The lowest BCUT2D eigenvalue weighted by Crippen LogP contribution is -2.14. The molecule has 5 nitrogen and oxygen atoms in total. The van der Waals surface area contributed by atoms with E-state index in [9.17, 15) is 10.1 Å². The van der Waals surface area contributed by atoms with E-state index in [1.165, 1.54) is 11.3 Å². The highest BCUT2D eigenvalue weighted by molar-refractivity contribution is 7.16. The van der Waals surface area contributed by atoms with Gasteiger partial charge in [0.1, 0.15) is 11.1 Å². The number of hydrogen-bond acceptors (Lipinski definition) is 5. The molecule has 1 heterocycles. The van der Waals surface area contributed by atoms with Crippen LogP contribution in [0.2, 0.25) is 0 Å². The number of nitriles is 1. The Hall–Kier alpha value is -2.52. The van der Waals surface area contributed by atoms with Crippen LogP contribution in [0.1, 0.15) is 28.5 Å². The van der Waals surface area contributed by atoms with E-state index >= 15 is 0 Å². The second kappa shape index (κ2) is 7.84. The first-order chi connectivity index (χ1) is 11.5. The zero-order valence-corrected chi connectivity index (χ0v) is 15.0. The van der Waals surface area contributed by atoms with Crippen LogP contribution in [0.3, 0.4) is 0 Å². The lowest BCUT2D eigenvalue weighted by atomic mass is 10.1. The van der Waals surface area contributed by atoms with Crippen LogP contribution in [0.5, 0.6) is 11.5 Å². The summed E-state index contributed by atoms with van der Waals surface area (Å²) < 4.78 is 10.4. The molecule has 2 aromatic rings. The highest BCUT2D eigenvalue weighted by atomic mass is 32.1. The van der Waals surface area contributed by atoms with Gasteiger partial charge in [0, 0.05) is 4.88 Å². The van der Waals surface area contributed by atoms with E-state index in [1.54, 1.807) is 26.4 Å². The number of nitrogens with one attached hydrogen (secondary N) is 1. The SMILES string of the molecule is CCc1c(C)sc(NC(=O)Cc2ccc(OC)c(OC)c2)c1C#N. The first-order valence-electron chi connectivity index (χ1n) is 7.57. The van der Waals surface area contributed by atoms with E-state index in [2.05, 4.69) is 11.4 Å². The Balaban J connectivity index is 2.16. The van der Waals surface area contributed by atoms with Gasteiger partial charge in [-0.1, -0.05) is 13.0 Å². The molecule has 1 amide bonds. The van der Waals surface area contributed by atoms with Crippen molar-refractivity contribution in [3.63, 3.8) is 0 Å². The van der Waals surface area contributed by atoms with Gasteiger partial charge in [0.15, 0.2) is 11.5 Å². The Morgan fingerprint density at radius 1 is 1.29 bits per heavy atom. The van der Waals surface area contributed by atoms with Crippen LogP contribution in [-0.4, -0.2) is 20.1 Å². The molecule has 0 aliphatic heterocycles. The van der Waals surface area contributed by atoms with Crippen molar-refractivity contribution in [1.29, 1.82) is 5.26 Å². The summed E-state index contributed by atoms with van der Waals surface area (Å²) in [6.45, 7) is 3.97. The van der Waals surface area contributed by atoms with Gasteiger partial charge in [-0.15, -0.1) is 11.3 Å². The zero-order valence-electron chi connectivity index (χ0n) is 14.2. The maximum Gasteiger partial charge on any atom is 0.229 e. The summed E-state index contributed by atoms with van der Waals surface area (Å²) in [7, 11) is 3.12. The smallest absolute Gasteiger partial charge is 0.229 e. The molecule has 0 aliphatic carbocycles. The van der Waals surface area contributed by atoms with Gasteiger partial charge >= 0.3 is 0 Å². The number of thiophene rings is 1. The maximum absolute atomic E-state index is 12.3. The number of methoxy groups -OCH3 is 2. The summed E-state index contributed by atoms with van der Waals surface area (Å²) in [6.07, 6.45) is 0.973. The van der Waals surface area contributed by atoms with Gasteiger partial charge in [-0.3, -0.25) is 4.79 Å². The van der Waals surface area contributed by atoms with Gasteiger partial charge < -0.3 is 14.8 Å². The third kappa shape index (κ3) is 3.69. The third-order valence-corrected chi connectivity index (χ3v) is 4.80. The Morgan fingerprint density at radius 3 is 2.58 bits per heavy atom. The van der Waals surface area contributed by atoms with Crippen LogP contribution in [-0.2, 0) is 17.6 Å². The van der Waals surface area contributed by atoms with Crippen LogP contribution < -0.4 is 14.8 Å². The number of carbonyl (C=O) groups excluding carboxylic acids is 1. The second-order valence-electron chi connectivity index (χ2n) is 5.22. The molecule has 0 fully saturated rings. The molecule has 0 bridgehead atoms. The molecule has 0 spiro atoms. The molecule has 126 valence electrons. The summed E-state index contributed by atoms with van der Waals surface area (Å²) in [5, 5.41) is 12.8. The summed E-state index contributed by atoms with van der Waals surface area (Å²) in [5.74, 6) is 1.04. The number of hydrogen-bond donors (Lipinski definition) is 1. The van der Waals surface area contributed by atoms with Gasteiger partial charge in [-0.25, -0.2) is 0 Å². The van der Waals surface area contributed by atoms with Crippen molar-refractivity contribution < 1.29 is 14.3 Å². The van der Waals surface area contributed by atoms with Crippen molar-refractivity contribution in [2.75, 3.05) is 19.5 Å². The molecular weight excluding hydrogens is 324 g/mol. The molecule has 1 N–H and O–H groups in total. The van der Waals surface area contributed by atoms with E-state index < -0.39 is 0 Å². The van der Waals surface area contributed by atoms with Crippen LogP contribution in [0.4, 0.5) is 5.00 Å². The zero-order chi connectivity index (χ0) is 17.7. The average molecular weight is 344 g/mol. The van der Waals surface area contributed by atoms with E-state index in [-0.39, 0.29) is 12.3 Å². The molecule has 0 saturated carbocycles. The van der Waals surface area contributed by atoms with Crippen LogP contribution in [0.25, 0.3) is 0 Å². The van der Waals surface area contributed by atoms with Crippen molar-refractivity contribution in [3.05, 3.63) is 39.8 Å². The highest BCUT2D eigenvalue weighted by Crippen LogP contribution is 2.33. The second-order valence-corrected chi connectivity index (χ2v) is 6.45. The molecule has 6 heteroatoms. The topological polar surface area (TPSA) is 71.3 Å². The standard InChI is InChI=1S/C18H20N2O3S/c1-5-13-11(2)24-18(14(13)10-19)20-17(21)9-12-6-7-15(22-3)16(8-12)23-4/h6-8H,5,9H2,1-4H3,(H,20,21). The number of nitrogens with zero attached hydrogens (tertiary/aromatic N) is 1. The van der Waals surface area contributed by atoms with Gasteiger partial charge in [0.25, 0.3) is 0 Å². The minimum atomic E-state index is -0.164. The van der Waals surface area contributed by atoms with Crippen LogP contribution >= 0.6 is 11.3 Å². The number of rotatable bonds is 6. The molecule has 1 aromatic carbocycles.